The third kappa shape index (κ3) is 4.68. The second-order valence-electron chi connectivity index (χ2n) is 7.58. The van der Waals surface area contributed by atoms with Gasteiger partial charge in [-0.25, -0.2) is 9.80 Å². The summed E-state index contributed by atoms with van der Waals surface area (Å²) in [5, 5.41) is 7.42. The van der Waals surface area contributed by atoms with Crippen LogP contribution in [0.3, 0.4) is 0 Å². The van der Waals surface area contributed by atoms with Crippen molar-refractivity contribution in [1.29, 1.82) is 0 Å². The fourth-order valence-corrected chi connectivity index (χ4v) is 3.68. The number of hydrazone groups is 1. The summed E-state index contributed by atoms with van der Waals surface area (Å²) in [6, 6.07) is 6.08. The Bertz CT molecular complexity index is 1200. The summed E-state index contributed by atoms with van der Waals surface area (Å²) in [5.74, 6) is -1.48. The zero-order valence-corrected chi connectivity index (χ0v) is 17.7. The van der Waals surface area contributed by atoms with Gasteiger partial charge in [-0.2, -0.15) is 18.3 Å². The molecule has 2 aromatic rings. The number of fused-ring (bicyclic) bond motifs is 3. The molecule has 0 saturated carbocycles. The highest BCUT2D eigenvalue weighted by Gasteiger charge is 2.56. The average Bonchev–Trinajstić information content (AvgIpc) is 3.19. The maximum absolute atomic E-state index is 13.1. The second kappa shape index (κ2) is 8.36. The van der Waals surface area contributed by atoms with E-state index >= 15 is 0 Å². The van der Waals surface area contributed by atoms with Crippen LogP contribution in [-0.2, 0) is 15.7 Å². The topological polar surface area (TPSA) is 89.5 Å². The van der Waals surface area contributed by atoms with Gasteiger partial charge in [0.15, 0.2) is 5.41 Å². The number of ether oxygens (including phenoxy) is 3. The first-order chi connectivity index (χ1) is 16.3. The summed E-state index contributed by atoms with van der Waals surface area (Å²) < 4.78 is 90.2. The second-order valence-corrected chi connectivity index (χ2v) is 7.58. The van der Waals surface area contributed by atoms with Crippen LogP contribution in [0.4, 0.5) is 36.8 Å². The molecule has 1 unspecified atom stereocenters. The highest BCUT2D eigenvalue weighted by atomic mass is 19.4. The Balaban J connectivity index is 1.60. The van der Waals surface area contributed by atoms with Crippen LogP contribution in [0.25, 0.3) is 0 Å². The molecule has 0 radical (unpaired) electrons. The van der Waals surface area contributed by atoms with Crippen molar-refractivity contribution in [2.75, 3.05) is 25.6 Å². The Kier molecular flexibility index (Phi) is 5.77. The van der Waals surface area contributed by atoms with Gasteiger partial charge in [0.25, 0.3) is 0 Å². The van der Waals surface area contributed by atoms with Crippen LogP contribution < -0.4 is 14.8 Å². The molecule has 2 aliphatic heterocycles. The normalized spacial score (nSPS) is 19.2. The minimum absolute atomic E-state index is 0.0107. The number of alkyl halides is 6. The van der Waals surface area contributed by atoms with Gasteiger partial charge in [-0.05, 0) is 42.5 Å². The summed E-state index contributed by atoms with van der Waals surface area (Å²) in [5.41, 5.74) is -2.39. The minimum Gasteiger partial charge on any atom is -0.491 e. The minimum atomic E-state index is -4.88. The number of nitrogens with one attached hydrogen (secondary N) is 1. The molecule has 1 atom stereocenters. The zero-order valence-electron chi connectivity index (χ0n) is 17.7. The van der Waals surface area contributed by atoms with Gasteiger partial charge in [0.05, 0.1) is 24.9 Å². The zero-order chi connectivity index (χ0) is 25.6. The van der Waals surface area contributed by atoms with E-state index in [-0.39, 0.29) is 29.3 Å². The molecular formula is C21H15F6N3O5. The van der Waals surface area contributed by atoms with Crippen LogP contribution in [-0.4, -0.2) is 49.3 Å². The van der Waals surface area contributed by atoms with Crippen molar-refractivity contribution in [3.8, 4) is 11.5 Å². The lowest BCUT2D eigenvalue weighted by Crippen LogP contribution is -2.50. The van der Waals surface area contributed by atoms with Crippen molar-refractivity contribution >= 4 is 23.4 Å². The fraction of sp³-hybridized carbons (Fsp3) is 0.286. The molecule has 0 aliphatic carbocycles. The molecule has 0 fully saturated rings. The van der Waals surface area contributed by atoms with E-state index in [2.05, 4.69) is 15.2 Å². The predicted molar refractivity (Wildman–Crippen MR) is 107 cm³/mol. The van der Waals surface area contributed by atoms with Crippen LogP contribution in [0.2, 0.25) is 0 Å². The van der Waals surface area contributed by atoms with Gasteiger partial charge in [-0.3, -0.25) is 4.79 Å². The van der Waals surface area contributed by atoms with E-state index in [1.54, 1.807) is 0 Å². The molecular weight excluding hydrogens is 488 g/mol. The first-order valence-corrected chi connectivity index (χ1v) is 9.79. The molecule has 186 valence electrons. The van der Waals surface area contributed by atoms with E-state index in [0.29, 0.717) is 0 Å². The molecule has 0 bridgehead atoms. The van der Waals surface area contributed by atoms with Crippen LogP contribution >= 0.6 is 0 Å². The Morgan fingerprint density at radius 2 is 1.77 bits per heavy atom. The van der Waals surface area contributed by atoms with Crippen molar-refractivity contribution in [2.45, 2.75) is 12.5 Å². The molecule has 2 amide bonds. The molecule has 14 heteroatoms. The molecule has 2 aliphatic rings. The first kappa shape index (κ1) is 24.2. The van der Waals surface area contributed by atoms with E-state index in [1.807, 2.05) is 0 Å². The lowest BCUT2D eigenvalue weighted by molar-refractivity contribution is -0.274. The number of nitrogens with zero attached hydrogens (tertiary/aromatic N) is 2. The Hall–Kier alpha value is -3.97. The predicted octanol–water partition coefficient (Wildman–Crippen LogP) is 4.41. The third-order valence-electron chi connectivity index (χ3n) is 5.28. The molecule has 2 heterocycles. The monoisotopic (exact) mass is 503 g/mol. The van der Waals surface area contributed by atoms with Gasteiger partial charge in [0.2, 0.25) is 0 Å². The molecule has 4 rings (SSSR count). The smallest absolute Gasteiger partial charge is 0.491 e. The Labute approximate surface area is 193 Å². The maximum atomic E-state index is 13.1. The van der Waals surface area contributed by atoms with Crippen LogP contribution in [0, 0.1) is 5.41 Å². The number of benzene rings is 2. The number of hydrogen-bond acceptors (Lipinski definition) is 6. The Morgan fingerprint density at radius 3 is 2.37 bits per heavy atom. The van der Waals surface area contributed by atoms with Crippen molar-refractivity contribution in [1.82, 2.24) is 5.01 Å². The summed E-state index contributed by atoms with van der Waals surface area (Å²) >= 11 is 0. The summed E-state index contributed by atoms with van der Waals surface area (Å²) in [7, 11) is 1.10. The van der Waals surface area contributed by atoms with Gasteiger partial charge < -0.3 is 19.5 Å². The van der Waals surface area contributed by atoms with Crippen LogP contribution in [0.5, 0.6) is 11.5 Å². The number of amides is 2. The van der Waals surface area contributed by atoms with Gasteiger partial charge in [0, 0.05) is 11.3 Å². The molecule has 2 aromatic carbocycles. The number of halogens is 6. The largest absolute Gasteiger partial charge is 0.573 e. The number of rotatable bonds is 3. The number of methoxy groups -OCH3 is 1. The standard InChI is InChI=1S/C21H15F6N3O5/c1-33-17(31)19-9-30(18(32)28-12-3-5-13(6-4-12)35-21(25,26)27)29-16(19)14-7-2-11(20(22,23)24)8-15(14)34-10-19/h2-8H,9-10H2,1H3,(H,28,32). The SMILES string of the molecule is COC(=O)C12COc3cc(C(F)(F)F)ccc3C1=NN(C(=O)Nc1ccc(OC(F)(F)F)cc1)C2. The number of urea groups is 1. The number of hydrogen-bond donors (Lipinski definition) is 1. The fourth-order valence-electron chi connectivity index (χ4n) is 3.68. The van der Waals surface area contributed by atoms with E-state index in [4.69, 9.17) is 9.47 Å². The van der Waals surface area contributed by atoms with E-state index in [9.17, 15) is 35.9 Å². The molecule has 0 saturated heterocycles. The van der Waals surface area contributed by atoms with Gasteiger partial charge in [0.1, 0.15) is 18.1 Å². The molecule has 0 aromatic heterocycles. The highest BCUT2D eigenvalue weighted by Crippen LogP contribution is 2.43. The summed E-state index contributed by atoms with van der Waals surface area (Å²) in [6.45, 7) is -0.781. The van der Waals surface area contributed by atoms with Crippen molar-refractivity contribution in [3.05, 3.63) is 53.6 Å². The van der Waals surface area contributed by atoms with Crippen molar-refractivity contribution in [3.63, 3.8) is 0 Å². The number of esters is 1. The average molecular weight is 503 g/mol. The van der Waals surface area contributed by atoms with Crippen molar-refractivity contribution in [2.24, 2.45) is 10.5 Å². The quantitative estimate of drug-likeness (QED) is 0.495. The van der Waals surface area contributed by atoms with Crippen molar-refractivity contribution < 1.29 is 50.1 Å². The number of carbonyl (C=O) groups is 2. The van der Waals surface area contributed by atoms with Gasteiger partial charge in [-0.1, -0.05) is 0 Å². The summed E-state index contributed by atoms with van der Waals surface area (Å²) in [4.78, 5) is 25.4. The third-order valence-corrected chi connectivity index (χ3v) is 5.28. The lowest BCUT2D eigenvalue weighted by atomic mass is 9.78. The lowest BCUT2D eigenvalue weighted by Gasteiger charge is -2.32. The van der Waals surface area contributed by atoms with E-state index in [1.165, 1.54) is 0 Å². The highest BCUT2D eigenvalue weighted by molar-refractivity contribution is 6.19. The summed E-state index contributed by atoms with van der Waals surface area (Å²) in [6.07, 6.45) is -9.51. The van der Waals surface area contributed by atoms with Gasteiger partial charge >= 0.3 is 24.5 Å². The van der Waals surface area contributed by atoms with E-state index < -0.39 is 47.9 Å². The Morgan fingerprint density at radius 1 is 1.09 bits per heavy atom. The number of carbonyl (C=O) groups excluding carboxylic acids is 2. The van der Waals surface area contributed by atoms with Crippen LogP contribution in [0.1, 0.15) is 11.1 Å². The maximum Gasteiger partial charge on any atom is 0.573 e. The van der Waals surface area contributed by atoms with Gasteiger partial charge in [-0.15, -0.1) is 13.2 Å². The number of anilines is 1. The molecule has 1 N–H and O–H groups in total. The van der Waals surface area contributed by atoms with E-state index in [0.717, 1.165) is 54.6 Å². The first-order valence-electron chi connectivity index (χ1n) is 9.79. The molecule has 35 heavy (non-hydrogen) atoms. The van der Waals surface area contributed by atoms with Crippen LogP contribution in [0.15, 0.2) is 47.6 Å². The molecule has 8 nitrogen and oxygen atoms in total. The molecule has 0 spiro atoms.